The summed E-state index contributed by atoms with van der Waals surface area (Å²) in [5.41, 5.74) is 0. The van der Waals surface area contributed by atoms with Crippen LogP contribution in [-0.4, -0.2) is 34.6 Å². The third-order valence-electron chi connectivity index (χ3n) is 1.31. The lowest BCUT2D eigenvalue weighted by atomic mass is 10.5. The fourth-order valence-electron chi connectivity index (χ4n) is 0.772. The molecule has 0 spiro atoms. The van der Waals surface area contributed by atoms with E-state index in [1.165, 1.54) is 23.5 Å². The number of carboxylic acids is 1. The fraction of sp³-hybridized carbons (Fsp3) is 0.286. The Hall–Kier alpha value is -1.65. The van der Waals surface area contributed by atoms with Gasteiger partial charge in [-0.05, 0) is 0 Å². The van der Waals surface area contributed by atoms with Gasteiger partial charge in [0.25, 0.3) is 0 Å². The zero-order chi connectivity index (χ0) is 8.97. The molecule has 0 radical (unpaired) electrons. The normalized spacial score (nSPS) is 9.42. The lowest BCUT2D eigenvalue weighted by Crippen LogP contribution is -2.25. The van der Waals surface area contributed by atoms with Crippen LogP contribution in [0.3, 0.4) is 0 Å². The Labute approximate surface area is 69.7 Å². The van der Waals surface area contributed by atoms with Crippen molar-refractivity contribution in [3.05, 3.63) is 18.6 Å². The summed E-state index contributed by atoms with van der Waals surface area (Å²) < 4.78 is 0. The van der Waals surface area contributed by atoms with Crippen molar-refractivity contribution in [3.8, 4) is 0 Å². The number of rotatable bonds is 3. The Morgan fingerprint density at radius 3 is 2.92 bits per heavy atom. The number of hydrogen-bond donors (Lipinski definition) is 1. The topological polar surface area (TPSA) is 66.3 Å². The molecule has 5 nitrogen and oxygen atoms in total. The van der Waals surface area contributed by atoms with Crippen molar-refractivity contribution in [2.75, 3.05) is 18.5 Å². The van der Waals surface area contributed by atoms with Crippen molar-refractivity contribution >= 4 is 11.8 Å². The van der Waals surface area contributed by atoms with E-state index in [0.717, 1.165) is 0 Å². The maximum Gasteiger partial charge on any atom is 0.323 e. The second kappa shape index (κ2) is 3.66. The molecule has 0 bridgehead atoms. The van der Waals surface area contributed by atoms with Crippen LogP contribution in [0.5, 0.6) is 0 Å². The molecular formula is C7H9N3O2. The molecule has 5 heteroatoms. The number of hydrogen-bond acceptors (Lipinski definition) is 4. The van der Waals surface area contributed by atoms with Crippen LogP contribution in [0.2, 0.25) is 0 Å². The van der Waals surface area contributed by atoms with E-state index >= 15 is 0 Å². The van der Waals surface area contributed by atoms with Gasteiger partial charge in [-0.15, -0.1) is 0 Å². The van der Waals surface area contributed by atoms with E-state index in [9.17, 15) is 4.79 Å². The summed E-state index contributed by atoms with van der Waals surface area (Å²) in [5.74, 6) is -0.331. The van der Waals surface area contributed by atoms with Gasteiger partial charge in [-0.2, -0.15) is 0 Å². The van der Waals surface area contributed by atoms with Crippen molar-refractivity contribution in [3.63, 3.8) is 0 Å². The molecule has 0 aliphatic rings. The summed E-state index contributed by atoms with van der Waals surface area (Å²) in [5, 5.41) is 8.46. The molecule has 0 amide bonds. The Balaban J connectivity index is 2.65. The lowest BCUT2D eigenvalue weighted by molar-refractivity contribution is -0.135. The number of nitrogens with zero attached hydrogens (tertiary/aromatic N) is 3. The molecule has 0 unspecified atom stereocenters. The molecule has 1 aromatic rings. The number of carbonyl (C=O) groups is 1. The highest BCUT2D eigenvalue weighted by molar-refractivity contribution is 5.72. The minimum atomic E-state index is -0.886. The van der Waals surface area contributed by atoms with Crippen LogP contribution in [0.15, 0.2) is 18.6 Å². The molecule has 0 aromatic carbocycles. The van der Waals surface area contributed by atoms with Crippen LogP contribution in [-0.2, 0) is 4.79 Å². The molecule has 12 heavy (non-hydrogen) atoms. The molecule has 0 saturated carbocycles. The van der Waals surface area contributed by atoms with E-state index in [4.69, 9.17) is 5.11 Å². The highest BCUT2D eigenvalue weighted by Crippen LogP contribution is 2.02. The monoisotopic (exact) mass is 167 g/mol. The summed E-state index contributed by atoms with van der Waals surface area (Å²) in [7, 11) is 1.65. The molecule has 1 rings (SSSR count). The zero-order valence-electron chi connectivity index (χ0n) is 6.64. The number of anilines is 1. The first kappa shape index (κ1) is 8.45. The second-order valence-corrected chi connectivity index (χ2v) is 2.31. The van der Waals surface area contributed by atoms with Gasteiger partial charge in [0.05, 0.1) is 6.20 Å². The van der Waals surface area contributed by atoms with Gasteiger partial charge in [-0.3, -0.25) is 9.78 Å². The first-order chi connectivity index (χ1) is 5.70. The van der Waals surface area contributed by atoms with Gasteiger partial charge in [-0.25, -0.2) is 4.98 Å². The van der Waals surface area contributed by atoms with Gasteiger partial charge in [-0.1, -0.05) is 0 Å². The highest BCUT2D eigenvalue weighted by Gasteiger charge is 2.05. The largest absolute Gasteiger partial charge is 0.480 e. The molecule has 1 aromatic heterocycles. The van der Waals surface area contributed by atoms with Gasteiger partial charge < -0.3 is 10.0 Å². The van der Waals surface area contributed by atoms with Crippen molar-refractivity contribution in [2.24, 2.45) is 0 Å². The second-order valence-electron chi connectivity index (χ2n) is 2.31. The van der Waals surface area contributed by atoms with Gasteiger partial charge in [0.1, 0.15) is 12.4 Å². The molecule has 0 aliphatic heterocycles. The number of aliphatic carboxylic acids is 1. The van der Waals surface area contributed by atoms with Crippen LogP contribution >= 0.6 is 0 Å². The van der Waals surface area contributed by atoms with Crippen LogP contribution in [0, 0.1) is 0 Å². The van der Waals surface area contributed by atoms with Gasteiger partial charge in [0, 0.05) is 19.4 Å². The molecule has 1 heterocycles. The number of likely N-dealkylation sites (N-methyl/N-ethyl adjacent to an activating group) is 1. The van der Waals surface area contributed by atoms with E-state index < -0.39 is 5.97 Å². The summed E-state index contributed by atoms with van der Waals surface area (Å²) in [6.45, 7) is -0.0707. The Bertz CT molecular complexity index is 263. The standard InChI is InChI=1S/C7H9N3O2/c1-10(5-7(11)12)6-4-8-2-3-9-6/h2-4H,5H2,1H3,(H,11,12). The summed E-state index contributed by atoms with van der Waals surface area (Å²) in [6, 6.07) is 0. The smallest absolute Gasteiger partial charge is 0.323 e. The van der Waals surface area contributed by atoms with E-state index in [1.807, 2.05) is 0 Å². The van der Waals surface area contributed by atoms with Crippen LogP contribution < -0.4 is 4.90 Å². The van der Waals surface area contributed by atoms with Gasteiger partial charge in [0.15, 0.2) is 0 Å². The zero-order valence-corrected chi connectivity index (χ0v) is 6.64. The third kappa shape index (κ3) is 2.19. The predicted molar refractivity (Wildman–Crippen MR) is 42.9 cm³/mol. The molecule has 0 fully saturated rings. The molecule has 0 atom stereocenters. The number of aromatic nitrogens is 2. The van der Waals surface area contributed by atoms with E-state index in [-0.39, 0.29) is 6.54 Å². The van der Waals surface area contributed by atoms with Crippen molar-refractivity contribution < 1.29 is 9.90 Å². The number of carboxylic acid groups (broad SMARTS) is 1. The molecule has 1 N–H and O–H groups in total. The summed E-state index contributed by atoms with van der Waals surface area (Å²) >= 11 is 0. The quantitative estimate of drug-likeness (QED) is 0.686. The van der Waals surface area contributed by atoms with E-state index in [0.29, 0.717) is 5.82 Å². The van der Waals surface area contributed by atoms with E-state index in [1.54, 1.807) is 7.05 Å². The van der Waals surface area contributed by atoms with Gasteiger partial charge in [0.2, 0.25) is 0 Å². The predicted octanol–water partition coefficient (Wildman–Crippen LogP) is -0.00260. The summed E-state index contributed by atoms with van der Waals surface area (Å²) in [6.07, 6.45) is 4.58. The summed E-state index contributed by atoms with van der Waals surface area (Å²) in [4.78, 5) is 19.6. The maximum atomic E-state index is 10.3. The molecule has 0 aliphatic carbocycles. The molecule has 64 valence electrons. The first-order valence-electron chi connectivity index (χ1n) is 3.39. The SMILES string of the molecule is CN(CC(=O)O)c1cnccn1. The van der Waals surface area contributed by atoms with Gasteiger partial charge >= 0.3 is 5.97 Å². The Morgan fingerprint density at radius 2 is 2.42 bits per heavy atom. The van der Waals surface area contributed by atoms with Crippen LogP contribution in [0.25, 0.3) is 0 Å². The molecule has 0 saturated heterocycles. The van der Waals surface area contributed by atoms with Crippen LogP contribution in [0.4, 0.5) is 5.82 Å². The first-order valence-corrected chi connectivity index (χ1v) is 3.39. The van der Waals surface area contributed by atoms with Crippen molar-refractivity contribution in [1.29, 1.82) is 0 Å². The minimum Gasteiger partial charge on any atom is -0.480 e. The molecular weight excluding hydrogens is 158 g/mol. The van der Waals surface area contributed by atoms with E-state index in [2.05, 4.69) is 9.97 Å². The fourth-order valence-corrected chi connectivity index (χ4v) is 0.772. The Morgan fingerprint density at radius 1 is 1.67 bits per heavy atom. The van der Waals surface area contributed by atoms with Crippen molar-refractivity contribution in [1.82, 2.24) is 9.97 Å². The average molecular weight is 167 g/mol. The maximum absolute atomic E-state index is 10.3. The lowest BCUT2D eigenvalue weighted by Gasteiger charge is -2.13. The van der Waals surface area contributed by atoms with Crippen LogP contribution in [0.1, 0.15) is 0 Å². The Kier molecular flexibility index (Phi) is 2.57. The third-order valence-corrected chi connectivity index (χ3v) is 1.31. The highest BCUT2D eigenvalue weighted by atomic mass is 16.4. The van der Waals surface area contributed by atoms with Crippen molar-refractivity contribution in [2.45, 2.75) is 0 Å². The minimum absolute atomic E-state index is 0.0707. The average Bonchev–Trinajstić information content (AvgIpc) is 2.05.